The van der Waals surface area contributed by atoms with Crippen molar-refractivity contribution in [3.8, 4) is 0 Å². The molecule has 2 N–H and O–H groups in total. The van der Waals surface area contributed by atoms with Gasteiger partial charge in [0.15, 0.2) is 0 Å². The summed E-state index contributed by atoms with van der Waals surface area (Å²) in [5.41, 5.74) is 1.52. The summed E-state index contributed by atoms with van der Waals surface area (Å²) in [6, 6.07) is 7.04. The average Bonchev–Trinajstić information content (AvgIpc) is 2.33. The minimum atomic E-state index is -4.27. The van der Waals surface area contributed by atoms with Crippen molar-refractivity contribution >= 4 is 17.3 Å². The van der Waals surface area contributed by atoms with E-state index >= 15 is 0 Å². The van der Waals surface area contributed by atoms with Crippen LogP contribution in [-0.4, -0.2) is 31.8 Å². The number of hydrogen-bond donors (Lipinski definition) is 2. The lowest BCUT2D eigenvalue weighted by Crippen LogP contribution is -2.18. The first kappa shape index (κ1) is 16.3. The van der Waals surface area contributed by atoms with E-state index in [0.29, 0.717) is 18.7 Å². The number of hydrogen-bond acceptors (Lipinski definition) is 3. The zero-order valence-corrected chi connectivity index (χ0v) is 11.1. The summed E-state index contributed by atoms with van der Waals surface area (Å²) in [5, 5.41) is 5.69. The number of alkyl halides is 3. The maximum Gasteiger partial charge on any atom is 0.411 e. The lowest BCUT2D eigenvalue weighted by atomic mass is 10.2. The van der Waals surface area contributed by atoms with Crippen molar-refractivity contribution in [2.45, 2.75) is 19.5 Å². The third-order valence-corrected chi connectivity index (χ3v) is 2.27. The summed E-state index contributed by atoms with van der Waals surface area (Å²) in [6.07, 6.45) is -3.80. The standard InChI is InChI=1S/C13H17F3N2O2/c1-10(19)18-12-5-3-11(4-6-12)17-7-2-8-20-9-13(14,15)16/h3-6,17H,2,7-9H2,1H3,(H,18,19). The number of benzene rings is 1. The van der Waals surface area contributed by atoms with E-state index in [9.17, 15) is 18.0 Å². The first-order valence-corrected chi connectivity index (χ1v) is 6.13. The number of halogens is 3. The van der Waals surface area contributed by atoms with E-state index in [1.54, 1.807) is 24.3 Å². The molecule has 7 heteroatoms. The zero-order chi connectivity index (χ0) is 15.0. The van der Waals surface area contributed by atoms with Gasteiger partial charge in [0.1, 0.15) is 6.61 Å². The lowest BCUT2D eigenvalue weighted by molar-refractivity contribution is -0.173. The fraction of sp³-hybridized carbons (Fsp3) is 0.462. The molecule has 1 rings (SSSR count). The number of ether oxygens (including phenoxy) is 1. The van der Waals surface area contributed by atoms with Crippen LogP contribution in [0.1, 0.15) is 13.3 Å². The maximum absolute atomic E-state index is 11.8. The molecule has 1 aromatic carbocycles. The molecule has 20 heavy (non-hydrogen) atoms. The third-order valence-electron chi connectivity index (χ3n) is 2.27. The van der Waals surface area contributed by atoms with Crippen molar-refractivity contribution in [2.75, 3.05) is 30.4 Å². The van der Waals surface area contributed by atoms with Crippen molar-refractivity contribution in [3.63, 3.8) is 0 Å². The second-order valence-corrected chi connectivity index (χ2v) is 4.21. The van der Waals surface area contributed by atoms with Crippen molar-refractivity contribution in [1.82, 2.24) is 0 Å². The molecule has 112 valence electrons. The smallest absolute Gasteiger partial charge is 0.385 e. The van der Waals surface area contributed by atoms with Gasteiger partial charge >= 0.3 is 6.18 Å². The second kappa shape index (κ2) is 7.74. The van der Waals surface area contributed by atoms with Crippen molar-refractivity contribution in [2.24, 2.45) is 0 Å². The molecule has 0 saturated carbocycles. The monoisotopic (exact) mass is 290 g/mol. The summed E-state index contributed by atoms with van der Waals surface area (Å²) in [6.45, 7) is 0.777. The number of carbonyl (C=O) groups is 1. The number of carbonyl (C=O) groups excluding carboxylic acids is 1. The molecule has 1 aromatic rings. The van der Waals surface area contributed by atoms with Gasteiger partial charge in [-0.05, 0) is 30.7 Å². The molecule has 0 heterocycles. The molecule has 1 amide bonds. The number of nitrogens with one attached hydrogen (secondary N) is 2. The normalized spacial score (nSPS) is 11.2. The zero-order valence-electron chi connectivity index (χ0n) is 11.1. The Balaban J connectivity index is 2.17. The summed E-state index contributed by atoms with van der Waals surface area (Å²) in [5.74, 6) is -0.146. The van der Waals surface area contributed by atoms with Crippen molar-refractivity contribution in [3.05, 3.63) is 24.3 Å². The van der Waals surface area contributed by atoms with Gasteiger partial charge in [0, 0.05) is 31.5 Å². The highest BCUT2D eigenvalue weighted by molar-refractivity contribution is 5.88. The summed E-state index contributed by atoms with van der Waals surface area (Å²) in [4.78, 5) is 10.8. The summed E-state index contributed by atoms with van der Waals surface area (Å²) >= 11 is 0. The fourth-order valence-corrected chi connectivity index (χ4v) is 1.47. The molecule has 0 fully saturated rings. The van der Waals surface area contributed by atoms with Crippen LogP contribution in [0.15, 0.2) is 24.3 Å². The quantitative estimate of drug-likeness (QED) is 0.759. The minimum absolute atomic E-state index is 0.0521. The van der Waals surface area contributed by atoms with Crippen LogP contribution in [0, 0.1) is 0 Å². The first-order chi connectivity index (χ1) is 9.37. The predicted octanol–water partition coefficient (Wildman–Crippen LogP) is 3.03. The molecule has 0 atom stereocenters. The van der Waals surface area contributed by atoms with Crippen LogP contribution in [0.3, 0.4) is 0 Å². The Morgan fingerprint density at radius 1 is 1.20 bits per heavy atom. The van der Waals surface area contributed by atoms with E-state index in [1.807, 2.05) is 0 Å². The van der Waals surface area contributed by atoms with Crippen molar-refractivity contribution < 1.29 is 22.7 Å². The molecule has 0 aliphatic heterocycles. The second-order valence-electron chi connectivity index (χ2n) is 4.21. The molecule has 0 aliphatic rings. The van der Waals surface area contributed by atoms with Gasteiger partial charge < -0.3 is 15.4 Å². The molecule has 0 radical (unpaired) electrons. The topological polar surface area (TPSA) is 50.4 Å². The molecular weight excluding hydrogens is 273 g/mol. The van der Waals surface area contributed by atoms with E-state index in [4.69, 9.17) is 0 Å². The van der Waals surface area contributed by atoms with Crippen LogP contribution in [-0.2, 0) is 9.53 Å². The maximum atomic E-state index is 11.8. The molecule has 0 saturated heterocycles. The van der Waals surface area contributed by atoms with Gasteiger partial charge in [-0.1, -0.05) is 0 Å². The molecule has 0 aliphatic carbocycles. The van der Waals surface area contributed by atoms with Crippen LogP contribution >= 0.6 is 0 Å². The van der Waals surface area contributed by atoms with Gasteiger partial charge in [0.05, 0.1) is 0 Å². The third kappa shape index (κ3) is 7.63. The van der Waals surface area contributed by atoms with Gasteiger partial charge in [-0.2, -0.15) is 13.2 Å². The van der Waals surface area contributed by atoms with Crippen LogP contribution in [0.2, 0.25) is 0 Å². The highest BCUT2D eigenvalue weighted by Crippen LogP contribution is 2.15. The molecule has 0 unspecified atom stereocenters. The Kier molecular flexibility index (Phi) is 6.30. The Morgan fingerprint density at radius 3 is 2.35 bits per heavy atom. The fourth-order valence-electron chi connectivity index (χ4n) is 1.47. The Morgan fingerprint density at radius 2 is 1.80 bits per heavy atom. The summed E-state index contributed by atoms with van der Waals surface area (Å²) < 4.78 is 39.8. The van der Waals surface area contributed by atoms with Crippen LogP contribution in [0.5, 0.6) is 0 Å². The Bertz CT molecular complexity index is 419. The number of amides is 1. The highest BCUT2D eigenvalue weighted by atomic mass is 19.4. The molecule has 4 nitrogen and oxygen atoms in total. The van der Waals surface area contributed by atoms with Crippen molar-refractivity contribution in [1.29, 1.82) is 0 Å². The predicted molar refractivity (Wildman–Crippen MR) is 70.7 cm³/mol. The average molecular weight is 290 g/mol. The lowest BCUT2D eigenvalue weighted by Gasteiger charge is -2.09. The SMILES string of the molecule is CC(=O)Nc1ccc(NCCCOCC(F)(F)F)cc1. The first-order valence-electron chi connectivity index (χ1n) is 6.13. The molecule has 0 spiro atoms. The Labute approximate surface area is 115 Å². The van der Waals surface area contributed by atoms with E-state index in [0.717, 1.165) is 5.69 Å². The molecule has 0 aromatic heterocycles. The number of anilines is 2. The van der Waals surface area contributed by atoms with E-state index in [1.165, 1.54) is 6.92 Å². The summed E-state index contributed by atoms with van der Waals surface area (Å²) in [7, 11) is 0. The largest absolute Gasteiger partial charge is 0.411 e. The highest BCUT2D eigenvalue weighted by Gasteiger charge is 2.27. The van der Waals surface area contributed by atoms with Crippen LogP contribution < -0.4 is 10.6 Å². The van der Waals surface area contributed by atoms with Gasteiger partial charge in [0.2, 0.25) is 5.91 Å². The van der Waals surface area contributed by atoms with E-state index < -0.39 is 12.8 Å². The molecule has 0 bridgehead atoms. The van der Waals surface area contributed by atoms with Gasteiger partial charge in [-0.15, -0.1) is 0 Å². The van der Waals surface area contributed by atoms with Crippen LogP contribution in [0.25, 0.3) is 0 Å². The number of rotatable bonds is 7. The van der Waals surface area contributed by atoms with E-state index in [-0.39, 0.29) is 12.5 Å². The van der Waals surface area contributed by atoms with Gasteiger partial charge in [-0.25, -0.2) is 0 Å². The Hall–Kier alpha value is -1.76. The van der Waals surface area contributed by atoms with Gasteiger partial charge in [0.25, 0.3) is 0 Å². The van der Waals surface area contributed by atoms with Crippen LogP contribution in [0.4, 0.5) is 24.5 Å². The van der Waals surface area contributed by atoms with E-state index in [2.05, 4.69) is 15.4 Å². The molecular formula is C13H17F3N2O2. The van der Waals surface area contributed by atoms with Gasteiger partial charge in [-0.3, -0.25) is 4.79 Å². The minimum Gasteiger partial charge on any atom is -0.385 e.